The van der Waals surface area contributed by atoms with Crippen LogP contribution in [0.25, 0.3) is 28.2 Å². The van der Waals surface area contributed by atoms with Crippen molar-refractivity contribution in [3.63, 3.8) is 0 Å². The van der Waals surface area contributed by atoms with Crippen molar-refractivity contribution in [1.29, 1.82) is 0 Å². The van der Waals surface area contributed by atoms with E-state index in [4.69, 9.17) is 11.6 Å². The van der Waals surface area contributed by atoms with Gasteiger partial charge in [0.15, 0.2) is 0 Å². The largest absolute Gasteiger partial charge is 0.324 e. The Morgan fingerprint density at radius 2 is 1.96 bits per heavy atom. The highest BCUT2D eigenvalue weighted by molar-refractivity contribution is 6.30. The molecule has 1 aromatic carbocycles. The van der Waals surface area contributed by atoms with E-state index in [0.29, 0.717) is 21.9 Å². The van der Waals surface area contributed by atoms with Crippen molar-refractivity contribution >= 4 is 17.2 Å². The molecule has 0 aliphatic carbocycles. The van der Waals surface area contributed by atoms with Crippen LogP contribution in [0, 0.1) is 5.82 Å². The van der Waals surface area contributed by atoms with Crippen molar-refractivity contribution in [3.8, 4) is 22.5 Å². The Balaban J connectivity index is 1.95. The Labute approximate surface area is 151 Å². The van der Waals surface area contributed by atoms with E-state index in [9.17, 15) is 13.2 Å². The van der Waals surface area contributed by atoms with E-state index in [-0.39, 0.29) is 11.3 Å². The molecule has 3 heterocycles. The number of imidazole rings is 2. The third-order valence-electron chi connectivity index (χ3n) is 4.02. The molecule has 0 spiro atoms. The third-order valence-corrected chi connectivity index (χ3v) is 4.25. The van der Waals surface area contributed by atoms with Crippen LogP contribution in [0.2, 0.25) is 5.02 Å². The molecule has 0 radical (unpaired) electrons. The van der Waals surface area contributed by atoms with Crippen LogP contribution in [0.3, 0.4) is 0 Å². The van der Waals surface area contributed by atoms with Gasteiger partial charge in [-0.2, -0.15) is 0 Å². The average molecular weight is 377 g/mol. The van der Waals surface area contributed by atoms with Gasteiger partial charge in [-0.25, -0.2) is 23.1 Å². The predicted molar refractivity (Wildman–Crippen MR) is 92.8 cm³/mol. The highest BCUT2D eigenvalue weighted by Gasteiger charge is 2.20. The lowest BCUT2D eigenvalue weighted by Crippen LogP contribution is -2.07. The van der Waals surface area contributed by atoms with Crippen LogP contribution in [0.5, 0.6) is 0 Å². The number of hydrogen-bond donors (Lipinski definition) is 0. The van der Waals surface area contributed by atoms with Crippen LogP contribution in [0.15, 0.2) is 55.2 Å². The summed E-state index contributed by atoms with van der Waals surface area (Å²) in [5.74, 6) is -0.526. The molecule has 3 aromatic heterocycles. The van der Waals surface area contributed by atoms with Crippen LogP contribution in [0.4, 0.5) is 13.2 Å². The van der Waals surface area contributed by atoms with Crippen LogP contribution in [-0.4, -0.2) is 25.4 Å². The maximum atomic E-state index is 14.4. The minimum absolute atomic E-state index is 0.159. The lowest BCUT2D eigenvalue weighted by Gasteiger charge is -2.11. The summed E-state index contributed by atoms with van der Waals surface area (Å²) in [6.45, 7) is -0.549. The zero-order chi connectivity index (χ0) is 18.3. The SMILES string of the molecule is Fc1ccc(Cl)cc1-c1ncn(CC(F)F)c1-c1ccc2nccn2c1. The fraction of sp³-hybridized carbons (Fsp3) is 0.111. The number of alkyl halides is 2. The van der Waals surface area contributed by atoms with E-state index >= 15 is 0 Å². The van der Waals surface area contributed by atoms with Gasteiger partial charge in [-0.1, -0.05) is 11.6 Å². The summed E-state index contributed by atoms with van der Waals surface area (Å²) >= 11 is 5.99. The van der Waals surface area contributed by atoms with Crippen LogP contribution < -0.4 is 0 Å². The molecule has 0 saturated heterocycles. The summed E-state index contributed by atoms with van der Waals surface area (Å²) in [6, 6.07) is 7.59. The van der Waals surface area contributed by atoms with Crippen LogP contribution in [0.1, 0.15) is 0 Å². The first-order valence-corrected chi connectivity index (χ1v) is 8.12. The quantitative estimate of drug-likeness (QED) is 0.506. The molecular formula is C18H12ClF3N4. The summed E-state index contributed by atoms with van der Waals surface area (Å²) in [5, 5.41) is 0.334. The summed E-state index contributed by atoms with van der Waals surface area (Å²) < 4.78 is 43.5. The van der Waals surface area contributed by atoms with Crippen molar-refractivity contribution in [2.45, 2.75) is 13.0 Å². The number of benzene rings is 1. The van der Waals surface area contributed by atoms with E-state index in [1.54, 1.807) is 35.1 Å². The van der Waals surface area contributed by atoms with Gasteiger partial charge in [0, 0.05) is 34.7 Å². The first-order chi connectivity index (χ1) is 12.5. The highest BCUT2D eigenvalue weighted by atomic mass is 35.5. The molecular weight excluding hydrogens is 365 g/mol. The van der Waals surface area contributed by atoms with Gasteiger partial charge in [0.1, 0.15) is 11.5 Å². The summed E-state index contributed by atoms with van der Waals surface area (Å²) in [6.07, 6.45) is 3.83. The molecule has 26 heavy (non-hydrogen) atoms. The number of hydrogen-bond acceptors (Lipinski definition) is 2. The predicted octanol–water partition coefficient (Wildman–Crippen LogP) is 4.92. The normalized spacial score (nSPS) is 11.6. The van der Waals surface area contributed by atoms with Gasteiger partial charge < -0.3 is 8.97 Å². The summed E-state index contributed by atoms with van der Waals surface area (Å²) in [4.78, 5) is 8.35. The maximum Gasteiger partial charge on any atom is 0.256 e. The van der Waals surface area contributed by atoms with Crippen molar-refractivity contribution in [2.75, 3.05) is 0 Å². The minimum atomic E-state index is -2.57. The van der Waals surface area contributed by atoms with Gasteiger partial charge in [-0.05, 0) is 30.3 Å². The Hall–Kier alpha value is -2.80. The second-order valence-corrected chi connectivity index (χ2v) is 6.16. The molecule has 0 atom stereocenters. The van der Waals surface area contributed by atoms with E-state index in [1.165, 1.54) is 29.1 Å². The average Bonchev–Trinajstić information content (AvgIpc) is 3.22. The molecule has 0 aliphatic heterocycles. The number of fused-ring (bicyclic) bond motifs is 1. The number of rotatable bonds is 4. The van der Waals surface area contributed by atoms with E-state index in [1.807, 2.05) is 0 Å². The maximum absolute atomic E-state index is 14.4. The van der Waals surface area contributed by atoms with Gasteiger partial charge in [0.2, 0.25) is 0 Å². The van der Waals surface area contributed by atoms with Crippen molar-refractivity contribution in [3.05, 3.63) is 66.1 Å². The van der Waals surface area contributed by atoms with Gasteiger partial charge in [0.05, 0.1) is 24.3 Å². The van der Waals surface area contributed by atoms with Gasteiger partial charge in [-0.3, -0.25) is 0 Å². The molecule has 4 aromatic rings. The van der Waals surface area contributed by atoms with Gasteiger partial charge in [-0.15, -0.1) is 0 Å². The smallest absolute Gasteiger partial charge is 0.256 e. The van der Waals surface area contributed by atoms with E-state index in [2.05, 4.69) is 9.97 Å². The summed E-state index contributed by atoms with van der Waals surface area (Å²) in [7, 11) is 0. The second kappa shape index (κ2) is 6.49. The molecule has 0 aliphatic rings. The third kappa shape index (κ3) is 2.94. The molecule has 0 bridgehead atoms. The Morgan fingerprint density at radius 1 is 1.12 bits per heavy atom. The lowest BCUT2D eigenvalue weighted by molar-refractivity contribution is 0.127. The van der Waals surface area contributed by atoms with Gasteiger partial charge in [0.25, 0.3) is 6.43 Å². The van der Waals surface area contributed by atoms with E-state index in [0.717, 1.165) is 0 Å². The second-order valence-electron chi connectivity index (χ2n) is 5.72. The Kier molecular flexibility index (Phi) is 4.16. The van der Waals surface area contributed by atoms with Crippen molar-refractivity contribution < 1.29 is 13.2 Å². The minimum Gasteiger partial charge on any atom is -0.324 e. The standard InChI is InChI=1S/C18H12ClF3N4/c19-12-2-3-14(20)13(7-12)17-18(26(10-24-17)9-15(21)22)11-1-4-16-23-5-6-25(16)8-11/h1-8,10,15H,9H2. The topological polar surface area (TPSA) is 35.1 Å². The number of nitrogens with zero attached hydrogens (tertiary/aromatic N) is 4. The molecule has 0 amide bonds. The van der Waals surface area contributed by atoms with E-state index < -0.39 is 18.8 Å². The molecule has 8 heteroatoms. The summed E-state index contributed by atoms with van der Waals surface area (Å²) in [5.41, 5.74) is 2.13. The molecule has 0 N–H and O–H groups in total. The van der Waals surface area contributed by atoms with Gasteiger partial charge >= 0.3 is 0 Å². The molecule has 132 valence electrons. The molecule has 0 saturated carbocycles. The first-order valence-electron chi connectivity index (χ1n) is 7.75. The highest BCUT2D eigenvalue weighted by Crippen LogP contribution is 2.34. The number of pyridine rings is 1. The fourth-order valence-electron chi connectivity index (χ4n) is 2.91. The van der Waals surface area contributed by atoms with Crippen LogP contribution in [-0.2, 0) is 6.54 Å². The van der Waals surface area contributed by atoms with Crippen molar-refractivity contribution in [1.82, 2.24) is 18.9 Å². The zero-order valence-electron chi connectivity index (χ0n) is 13.3. The van der Waals surface area contributed by atoms with Crippen LogP contribution >= 0.6 is 11.6 Å². The molecule has 0 unspecified atom stereocenters. The monoisotopic (exact) mass is 376 g/mol. The number of aromatic nitrogens is 4. The number of halogens is 4. The Bertz CT molecular complexity index is 1090. The molecule has 4 rings (SSSR count). The van der Waals surface area contributed by atoms with Crippen molar-refractivity contribution in [2.24, 2.45) is 0 Å². The molecule has 0 fully saturated rings. The first kappa shape index (κ1) is 16.7. The molecule has 4 nitrogen and oxygen atoms in total. The zero-order valence-corrected chi connectivity index (χ0v) is 14.0. The lowest BCUT2D eigenvalue weighted by atomic mass is 10.1. The fourth-order valence-corrected chi connectivity index (χ4v) is 3.08. The Morgan fingerprint density at radius 3 is 2.77 bits per heavy atom.